The summed E-state index contributed by atoms with van der Waals surface area (Å²) in [7, 11) is 0. The zero-order valence-corrected chi connectivity index (χ0v) is 13.3. The second-order valence-electron chi connectivity index (χ2n) is 5.63. The van der Waals surface area contributed by atoms with Crippen molar-refractivity contribution in [1.29, 1.82) is 0 Å². The predicted molar refractivity (Wildman–Crippen MR) is 88.5 cm³/mol. The number of carboxylic acid groups (broad SMARTS) is 1. The molecule has 0 bridgehead atoms. The summed E-state index contributed by atoms with van der Waals surface area (Å²) in [6.45, 7) is 0.756. The number of rotatable bonds is 6. The number of hydrogen-bond donors (Lipinski definition) is 2. The van der Waals surface area contributed by atoms with Crippen LogP contribution in [0.4, 0.5) is 5.69 Å². The zero-order valence-electron chi connectivity index (χ0n) is 12.5. The third-order valence-corrected chi connectivity index (χ3v) is 5.07. The van der Waals surface area contributed by atoms with E-state index in [9.17, 15) is 4.79 Å². The van der Waals surface area contributed by atoms with Gasteiger partial charge in [-0.2, -0.15) is 0 Å². The number of carbonyl (C=O) groups is 1. The maximum absolute atomic E-state index is 10.6. The second kappa shape index (κ2) is 6.92. The monoisotopic (exact) mass is 316 g/mol. The molecule has 0 saturated heterocycles. The van der Waals surface area contributed by atoms with E-state index in [4.69, 9.17) is 10.1 Å². The first-order valence-corrected chi connectivity index (χ1v) is 8.54. The average molecular weight is 316 g/mol. The van der Waals surface area contributed by atoms with Crippen LogP contribution < -0.4 is 5.32 Å². The number of thiazole rings is 1. The van der Waals surface area contributed by atoms with Crippen LogP contribution in [-0.2, 0) is 30.6 Å². The SMILES string of the molecule is O=C(O)CCc1ccc(NCc2nc3c(s2)CCCC3)cc1. The summed E-state index contributed by atoms with van der Waals surface area (Å²) in [5.74, 6) is -0.755. The van der Waals surface area contributed by atoms with Crippen LogP contribution in [0.3, 0.4) is 0 Å². The second-order valence-corrected chi connectivity index (χ2v) is 6.80. The topological polar surface area (TPSA) is 62.2 Å². The number of nitrogens with one attached hydrogen (secondary N) is 1. The lowest BCUT2D eigenvalue weighted by molar-refractivity contribution is -0.136. The van der Waals surface area contributed by atoms with Crippen LogP contribution in [0.15, 0.2) is 24.3 Å². The van der Waals surface area contributed by atoms with Crippen molar-refractivity contribution < 1.29 is 9.90 Å². The smallest absolute Gasteiger partial charge is 0.303 e. The Morgan fingerprint density at radius 1 is 1.23 bits per heavy atom. The van der Waals surface area contributed by atoms with Gasteiger partial charge in [0.25, 0.3) is 0 Å². The van der Waals surface area contributed by atoms with Crippen LogP contribution in [0.5, 0.6) is 0 Å². The number of nitrogens with zero attached hydrogens (tertiary/aromatic N) is 1. The Hall–Kier alpha value is -1.88. The van der Waals surface area contributed by atoms with Crippen molar-refractivity contribution in [2.45, 2.75) is 45.1 Å². The maximum atomic E-state index is 10.6. The molecule has 1 aromatic heterocycles. The highest BCUT2D eigenvalue weighted by molar-refractivity contribution is 7.11. The molecule has 1 aliphatic rings. The highest BCUT2D eigenvalue weighted by Gasteiger charge is 2.14. The lowest BCUT2D eigenvalue weighted by Gasteiger charge is -2.06. The Kier molecular flexibility index (Phi) is 4.73. The van der Waals surface area contributed by atoms with Gasteiger partial charge in [-0.05, 0) is 49.8 Å². The van der Waals surface area contributed by atoms with Crippen molar-refractivity contribution >= 4 is 23.0 Å². The number of benzene rings is 1. The minimum atomic E-state index is -0.755. The van der Waals surface area contributed by atoms with E-state index in [1.807, 2.05) is 35.6 Å². The Labute approximate surface area is 134 Å². The summed E-state index contributed by atoms with van der Waals surface area (Å²) in [5, 5.41) is 13.2. The Bertz CT molecular complexity index is 626. The van der Waals surface area contributed by atoms with E-state index in [2.05, 4.69) is 5.32 Å². The van der Waals surface area contributed by atoms with E-state index in [-0.39, 0.29) is 6.42 Å². The predicted octanol–water partition coefficient (Wildman–Crippen LogP) is 3.65. The molecule has 116 valence electrons. The van der Waals surface area contributed by atoms with Crippen LogP contribution in [0.2, 0.25) is 0 Å². The van der Waals surface area contributed by atoms with Crippen LogP contribution in [-0.4, -0.2) is 16.1 Å². The molecule has 2 aromatic rings. The van der Waals surface area contributed by atoms with Gasteiger partial charge in [-0.15, -0.1) is 11.3 Å². The van der Waals surface area contributed by atoms with Gasteiger partial charge < -0.3 is 10.4 Å². The molecule has 4 nitrogen and oxygen atoms in total. The molecule has 3 rings (SSSR count). The third-order valence-electron chi connectivity index (χ3n) is 3.92. The fraction of sp³-hybridized carbons (Fsp3) is 0.412. The van der Waals surface area contributed by atoms with E-state index >= 15 is 0 Å². The number of anilines is 1. The summed E-state index contributed by atoms with van der Waals surface area (Å²) in [6.07, 6.45) is 5.63. The van der Waals surface area contributed by atoms with Gasteiger partial charge >= 0.3 is 5.97 Å². The summed E-state index contributed by atoms with van der Waals surface area (Å²) >= 11 is 1.83. The molecule has 2 N–H and O–H groups in total. The molecule has 1 aromatic carbocycles. The normalized spacial score (nSPS) is 13.6. The van der Waals surface area contributed by atoms with Crippen LogP contribution in [0, 0.1) is 0 Å². The summed E-state index contributed by atoms with van der Waals surface area (Å²) in [5.41, 5.74) is 3.40. The third kappa shape index (κ3) is 3.85. The lowest BCUT2D eigenvalue weighted by atomic mass is 10.0. The standard InChI is InChI=1S/C17H20N2O2S/c20-17(21)10-7-12-5-8-13(9-6-12)18-11-16-19-14-3-1-2-4-15(14)22-16/h5-6,8-9,18H,1-4,7,10-11H2,(H,20,21). The van der Waals surface area contributed by atoms with Crippen molar-refractivity contribution in [2.24, 2.45) is 0 Å². The lowest BCUT2D eigenvalue weighted by Crippen LogP contribution is -2.01. The first-order chi connectivity index (χ1) is 10.7. The average Bonchev–Trinajstić information content (AvgIpc) is 2.95. The molecule has 0 atom stereocenters. The quantitative estimate of drug-likeness (QED) is 0.854. The maximum Gasteiger partial charge on any atom is 0.303 e. The molecule has 1 aliphatic carbocycles. The van der Waals surface area contributed by atoms with Gasteiger partial charge in [-0.25, -0.2) is 4.98 Å². The van der Waals surface area contributed by atoms with Crippen LogP contribution in [0.1, 0.15) is 40.4 Å². The molecular weight excluding hydrogens is 296 g/mol. The number of carboxylic acids is 1. The molecule has 0 radical (unpaired) electrons. The number of hydrogen-bond acceptors (Lipinski definition) is 4. The zero-order chi connectivity index (χ0) is 15.4. The molecule has 0 unspecified atom stereocenters. The summed E-state index contributed by atoms with van der Waals surface area (Å²) in [6, 6.07) is 7.98. The van der Waals surface area contributed by atoms with E-state index in [1.165, 1.54) is 29.8 Å². The van der Waals surface area contributed by atoms with Crippen molar-refractivity contribution in [3.63, 3.8) is 0 Å². The Morgan fingerprint density at radius 2 is 2.00 bits per heavy atom. The molecule has 22 heavy (non-hydrogen) atoms. The molecule has 0 saturated carbocycles. The summed E-state index contributed by atoms with van der Waals surface area (Å²) in [4.78, 5) is 16.8. The van der Waals surface area contributed by atoms with Gasteiger partial charge in [0.15, 0.2) is 0 Å². The molecule has 1 heterocycles. The molecule has 0 aliphatic heterocycles. The van der Waals surface area contributed by atoms with Crippen molar-refractivity contribution in [1.82, 2.24) is 4.98 Å². The Balaban J connectivity index is 1.55. The van der Waals surface area contributed by atoms with E-state index in [0.29, 0.717) is 6.42 Å². The minimum Gasteiger partial charge on any atom is -0.481 e. The fourth-order valence-corrected chi connectivity index (χ4v) is 3.80. The van der Waals surface area contributed by atoms with Gasteiger partial charge in [0.2, 0.25) is 0 Å². The van der Waals surface area contributed by atoms with Crippen molar-refractivity contribution in [3.05, 3.63) is 45.4 Å². The first kappa shape index (κ1) is 15.0. The van der Waals surface area contributed by atoms with Crippen molar-refractivity contribution in [2.75, 3.05) is 5.32 Å². The number of aromatic nitrogens is 1. The number of aliphatic carboxylic acids is 1. The van der Waals surface area contributed by atoms with Gasteiger partial charge in [0, 0.05) is 17.0 Å². The Morgan fingerprint density at radius 3 is 2.73 bits per heavy atom. The largest absolute Gasteiger partial charge is 0.481 e. The van der Waals surface area contributed by atoms with Crippen LogP contribution >= 0.6 is 11.3 Å². The molecule has 5 heteroatoms. The summed E-state index contributed by atoms with van der Waals surface area (Å²) < 4.78 is 0. The minimum absolute atomic E-state index is 0.178. The molecule has 0 amide bonds. The highest BCUT2D eigenvalue weighted by Crippen LogP contribution is 2.27. The highest BCUT2D eigenvalue weighted by atomic mass is 32.1. The van der Waals surface area contributed by atoms with Crippen LogP contribution in [0.25, 0.3) is 0 Å². The van der Waals surface area contributed by atoms with Gasteiger partial charge in [0.1, 0.15) is 5.01 Å². The van der Waals surface area contributed by atoms with Crippen molar-refractivity contribution in [3.8, 4) is 0 Å². The molecule has 0 spiro atoms. The van der Waals surface area contributed by atoms with E-state index < -0.39 is 5.97 Å². The molecule has 0 fully saturated rings. The van der Waals surface area contributed by atoms with Gasteiger partial charge in [-0.1, -0.05) is 12.1 Å². The van der Waals surface area contributed by atoms with E-state index in [0.717, 1.165) is 29.2 Å². The van der Waals surface area contributed by atoms with E-state index in [1.54, 1.807) is 0 Å². The van der Waals surface area contributed by atoms with Gasteiger partial charge in [0.05, 0.1) is 12.2 Å². The number of aryl methyl sites for hydroxylation is 3. The number of fused-ring (bicyclic) bond motifs is 1. The first-order valence-electron chi connectivity index (χ1n) is 7.73. The fourth-order valence-electron chi connectivity index (χ4n) is 2.70. The molecular formula is C17H20N2O2S. The van der Waals surface area contributed by atoms with Gasteiger partial charge in [-0.3, -0.25) is 4.79 Å².